The number of carbonyl (C=O) groups is 1. The van der Waals surface area contributed by atoms with Crippen LogP contribution in [0.3, 0.4) is 0 Å². The number of hydrogen-bond acceptors (Lipinski definition) is 17. The van der Waals surface area contributed by atoms with Crippen molar-refractivity contribution in [3.8, 4) is 0 Å². The van der Waals surface area contributed by atoms with Gasteiger partial charge in [-0.25, -0.2) is 9.07 Å². The Bertz CT molecular complexity index is 1990. The van der Waals surface area contributed by atoms with Crippen LogP contribution >= 0.6 is 11.8 Å². The average Bonchev–Trinajstić information content (AvgIpc) is 3.81. The third kappa shape index (κ3) is 13.8. The number of methoxy groups -OCH3 is 2. The number of alkyl halides is 1. The van der Waals surface area contributed by atoms with Gasteiger partial charge in [-0.3, -0.25) is 4.79 Å². The van der Waals surface area contributed by atoms with E-state index in [0.717, 1.165) is 16.2 Å². The van der Waals surface area contributed by atoms with Crippen molar-refractivity contribution in [2.45, 2.75) is 209 Å². The number of cyclic esters (lactones) is 1. The monoisotopic (exact) mass is 1040 g/mol. The fourth-order valence-corrected chi connectivity index (χ4v) is 12.6. The minimum atomic E-state index is -1.83. The number of benzene rings is 1. The average molecular weight is 1040 g/mol. The van der Waals surface area contributed by atoms with Crippen molar-refractivity contribution in [3.63, 3.8) is 0 Å². The summed E-state index contributed by atoms with van der Waals surface area (Å²) in [5.41, 5.74) is -3.03. The summed E-state index contributed by atoms with van der Waals surface area (Å²) in [5.74, 6) is -2.28. The molecule has 20 atom stereocenters. The Labute approximate surface area is 432 Å². The zero-order valence-corrected chi connectivity index (χ0v) is 46.5. The Hall–Kier alpha value is -2.37. The van der Waals surface area contributed by atoms with Gasteiger partial charge in [0.05, 0.1) is 47.2 Å². The summed E-state index contributed by atoms with van der Waals surface area (Å²) in [6.45, 7) is 20.1. The molecule has 412 valence electrons. The highest BCUT2D eigenvalue weighted by Crippen LogP contribution is 2.45. The molecule has 0 amide bonds. The number of likely N-dealkylation sites (N-methyl/N-ethyl adjacent to an activating group) is 2. The predicted molar refractivity (Wildman–Crippen MR) is 273 cm³/mol. The standard InChI is InChI=1S/C53H90FN5O12S/c1-16-42-53(11,65)46(61)34(7)58(13)28-30(3)25-51(9,64)48(32(5)43(33(6)49(63)70-42)41-26-52(10,67-15)47(62)35(8)69-41)71-50-44(60)39(24-31(4)68-50)57(12)23-22-37-29-59(56-55-37)40(27-54)45(66-14)36-18-20-38(21-19-36)72-17-2/h18-21,29-35,39-48,50,60-62,64-65H,16-17,22-28H2,1-15H3/t30-,31-,32+,33-,34-,35+,39+,40-,41?,42-,43+,44-,45-,46-,47+,48-,50+,51-,52-,53-/m1/s1. The van der Waals surface area contributed by atoms with Gasteiger partial charge in [-0.1, -0.05) is 52.0 Å². The summed E-state index contributed by atoms with van der Waals surface area (Å²) >= 11 is 1.73. The fourth-order valence-electron chi connectivity index (χ4n) is 12.0. The summed E-state index contributed by atoms with van der Waals surface area (Å²) in [4.78, 5) is 19.7. The second-order valence-electron chi connectivity index (χ2n) is 22.1. The van der Waals surface area contributed by atoms with Gasteiger partial charge in [0.1, 0.15) is 48.8 Å². The Kier molecular flexibility index (Phi) is 21.5. The quantitative estimate of drug-likeness (QED) is 0.105. The molecule has 5 N–H and O–H groups in total. The highest BCUT2D eigenvalue weighted by atomic mass is 32.2. The predicted octanol–water partition coefficient (Wildman–Crippen LogP) is 5.39. The topological polar surface area (TPSA) is 211 Å². The lowest BCUT2D eigenvalue weighted by molar-refractivity contribution is -0.302. The number of carbonyl (C=O) groups excluding carboxylic acids is 1. The molecule has 1 aromatic heterocycles. The van der Waals surface area contributed by atoms with Crippen LogP contribution in [0.4, 0.5) is 4.39 Å². The minimum Gasteiger partial charge on any atom is -0.459 e. The summed E-state index contributed by atoms with van der Waals surface area (Å²) in [7, 11) is 6.84. The molecule has 5 rings (SSSR count). The molecule has 19 heteroatoms. The molecule has 3 fully saturated rings. The van der Waals surface area contributed by atoms with Crippen LogP contribution in [-0.2, 0) is 39.6 Å². The zero-order valence-electron chi connectivity index (χ0n) is 45.7. The molecule has 1 unspecified atom stereocenters. The molecule has 2 aromatic rings. The maximum atomic E-state index is 14.8. The van der Waals surface area contributed by atoms with Gasteiger partial charge in [0, 0.05) is 69.2 Å². The van der Waals surface area contributed by atoms with E-state index in [0.29, 0.717) is 31.6 Å². The third-order valence-corrected chi connectivity index (χ3v) is 17.3. The van der Waals surface area contributed by atoms with Crippen molar-refractivity contribution >= 4 is 17.7 Å². The van der Waals surface area contributed by atoms with Gasteiger partial charge in [0.2, 0.25) is 0 Å². The van der Waals surface area contributed by atoms with Crippen molar-refractivity contribution < 1.29 is 63.1 Å². The molecule has 0 saturated carbocycles. The molecule has 3 aliphatic rings. The van der Waals surface area contributed by atoms with Crippen molar-refractivity contribution in [1.29, 1.82) is 0 Å². The smallest absolute Gasteiger partial charge is 0.309 e. The normalized spacial score (nSPS) is 40.0. The molecular formula is C53H90FN5O12S. The van der Waals surface area contributed by atoms with Crippen LogP contribution in [0.2, 0.25) is 0 Å². The first-order valence-electron chi connectivity index (χ1n) is 26.1. The van der Waals surface area contributed by atoms with E-state index < -0.39 is 120 Å². The van der Waals surface area contributed by atoms with Crippen molar-refractivity contribution in [2.24, 2.45) is 23.7 Å². The molecule has 4 heterocycles. The molecule has 72 heavy (non-hydrogen) atoms. The lowest BCUT2D eigenvalue weighted by Crippen LogP contribution is -2.62. The molecule has 0 bridgehead atoms. The van der Waals surface area contributed by atoms with E-state index in [1.165, 1.54) is 18.7 Å². The maximum Gasteiger partial charge on any atom is 0.309 e. The van der Waals surface area contributed by atoms with Gasteiger partial charge in [-0.05, 0) is 110 Å². The Balaban J connectivity index is 1.45. The van der Waals surface area contributed by atoms with Crippen molar-refractivity contribution in [1.82, 2.24) is 24.8 Å². The van der Waals surface area contributed by atoms with E-state index in [1.807, 2.05) is 68.9 Å². The number of hydrogen-bond donors (Lipinski definition) is 5. The molecule has 17 nitrogen and oxygen atoms in total. The number of esters is 1. The molecule has 0 spiro atoms. The van der Waals surface area contributed by atoms with E-state index in [-0.39, 0.29) is 31.3 Å². The second-order valence-corrected chi connectivity index (χ2v) is 23.4. The van der Waals surface area contributed by atoms with Crippen LogP contribution in [-0.4, -0.2) is 194 Å². The first-order chi connectivity index (χ1) is 33.8. The molecule has 3 saturated heterocycles. The summed E-state index contributed by atoms with van der Waals surface area (Å²) in [6.07, 6.45) is -6.05. The Morgan fingerprint density at radius 1 is 0.986 bits per heavy atom. The number of thioether (sulfide) groups is 1. The molecule has 0 radical (unpaired) electrons. The van der Waals surface area contributed by atoms with Gasteiger partial charge >= 0.3 is 5.97 Å². The van der Waals surface area contributed by atoms with Gasteiger partial charge < -0.3 is 63.8 Å². The molecule has 1 aromatic carbocycles. The summed E-state index contributed by atoms with van der Waals surface area (Å²) in [5, 5.41) is 68.9. The molecular weight excluding hydrogens is 950 g/mol. The largest absolute Gasteiger partial charge is 0.459 e. The number of aliphatic hydroxyl groups is 5. The van der Waals surface area contributed by atoms with Crippen LogP contribution in [0, 0.1) is 23.7 Å². The fraction of sp³-hybridized carbons (Fsp3) is 0.830. The highest BCUT2D eigenvalue weighted by molar-refractivity contribution is 7.99. The van der Waals surface area contributed by atoms with Crippen LogP contribution in [0.5, 0.6) is 0 Å². The van der Waals surface area contributed by atoms with Gasteiger partial charge in [-0.2, -0.15) is 0 Å². The van der Waals surface area contributed by atoms with E-state index in [4.69, 9.17) is 28.4 Å². The number of ether oxygens (including phenoxy) is 6. The van der Waals surface area contributed by atoms with Crippen molar-refractivity contribution in [3.05, 3.63) is 41.7 Å². The van der Waals surface area contributed by atoms with Crippen LogP contribution in [0.1, 0.15) is 125 Å². The number of rotatable bonds is 16. The van der Waals surface area contributed by atoms with E-state index in [9.17, 15) is 34.7 Å². The van der Waals surface area contributed by atoms with Crippen molar-refractivity contribution in [2.75, 3.05) is 53.8 Å². The third-order valence-electron chi connectivity index (χ3n) is 16.4. The van der Waals surface area contributed by atoms with E-state index >= 15 is 0 Å². The molecule has 0 aliphatic carbocycles. The SMILES string of the molecule is CCSc1ccc([C@@H](OC)[C@@H](CF)n2cc(CCN(C)[C@H]3C[C@@H](C)O[C@@H](O[C@@H]4[C@@H](C)[C@H](C5C[C@@](C)(OC)[C@@H](O)[C@H](C)O5)[C@@H](C)C(=O)O[C@H](CC)[C@@](C)(O)[C@H](O)[C@@H](C)N(C)C[C@H](C)C[C@@]4(C)O)[C@@H]3O)nn2)cc1. The lowest BCUT2D eigenvalue weighted by Gasteiger charge is -2.51. The van der Waals surface area contributed by atoms with E-state index in [1.54, 1.807) is 66.6 Å². The number of aromatic nitrogens is 3. The maximum absolute atomic E-state index is 14.8. The first kappa shape index (κ1) is 60.5. The zero-order chi connectivity index (χ0) is 53.6. The first-order valence-corrected chi connectivity index (χ1v) is 27.1. The second kappa shape index (κ2) is 25.6. The van der Waals surface area contributed by atoms with Gasteiger partial charge in [-0.15, -0.1) is 16.9 Å². The van der Waals surface area contributed by atoms with Crippen LogP contribution in [0.25, 0.3) is 0 Å². The van der Waals surface area contributed by atoms with Crippen LogP contribution in [0.15, 0.2) is 35.4 Å². The number of halogens is 1. The van der Waals surface area contributed by atoms with Crippen LogP contribution < -0.4 is 0 Å². The highest BCUT2D eigenvalue weighted by Gasteiger charge is 2.55. The Morgan fingerprint density at radius 2 is 1.65 bits per heavy atom. The minimum absolute atomic E-state index is 0.177. The Morgan fingerprint density at radius 3 is 2.25 bits per heavy atom. The number of nitrogens with zero attached hydrogens (tertiary/aromatic N) is 5. The number of aliphatic hydroxyl groups excluding tert-OH is 3. The summed E-state index contributed by atoms with van der Waals surface area (Å²) < 4.78 is 54.3. The van der Waals surface area contributed by atoms with Gasteiger partial charge in [0.15, 0.2) is 6.29 Å². The van der Waals surface area contributed by atoms with Gasteiger partial charge in [0.25, 0.3) is 0 Å². The summed E-state index contributed by atoms with van der Waals surface area (Å²) in [6, 6.07) is 6.15. The molecule has 3 aliphatic heterocycles. The van der Waals surface area contributed by atoms with E-state index in [2.05, 4.69) is 17.2 Å². The lowest BCUT2D eigenvalue weighted by atomic mass is 9.68.